The van der Waals surface area contributed by atoms with E-state index in [1.54, 1.807) is 4.68 Å². The van der Waals surface area contributed by atoms with Gasteiger partial charge in [-0.15, -0.1) is 0 Å². The summed E-state index contributed by atoms with van der Waals surface area (Å²) in [7, 11) is 0. The maximum atomic E-state index is 11.9. The Kier molecular flexibility index (Phi) is 2.32. The van der Waals surface area contributed by atoms with Crippen molar-refractivity contribution in [2.45, 2.75) is 12.5 Å². The molecule has 4 rings (SSSR count). The van der Waals surface area contributed by atoms with E-state index < -0.39 is 0 Å². The Bertz CT molecular complexity index is 803. The van der Waals surface area contributed by atoms with Crippen LogP contribution in [-0.4, -0.2) is 20.7 Å². The molecule has 1 atom stereocenters. The van der Waals surface area contributed by atoms with Gasteiger partial charge in [0, 0.05) is 0 Å². The van der Waals surface area contributed by atoms with Crippen LogP contribution >= 0.6 is 0 Å². The summed E-state index contributed by atoms with van der Waals surface area (Å²) < 4.78 is 1.78. The molecule has 5 heteroatoms. The molecular weight excluding hydrogens is 252 g/mol. The number of aromatic nitrogens is 3. The molecule has 0 spiro atoms. The molecular formula is C15H12N4O. The van der Waals surface area contributed by atoms with E-state index in [0.29, 0.717) is 12.4 Å². The van der Waals surface area contributed by atoms with E-state index in [4.69, 9.17) is 0 Å². The highest BCUT2D eigenvalue weighted by Crippen LogP contribution is 2.32. The van der Waals surface area contributed by atoms with Gasteiger partial charge in [0.05, 0.1) is 12.5 Å². The third-order valence-corrected chi connectivity index (χ3v) is 3.68. The standard InChI is InChI=1S/C15H12N4O/c20-14-8-13(19-15(18-14)16-9-17-19)12-7-3-5-10-4-1-2-6-11(10)12/h1-7,9,13H,8H2,(H,16,17,18,20)/t13-/m0/s1. The van der Waals surface area contributed by atoms with Crippen molar-refractivity contribution in [2.75, 3.05) is 5.32 Å². The first-order valence-electron chi connectivity index (χ1n) is 6.50. The quantitative estimate of drug-likeness (QED) is 0.734. The molecule has 0 unspecified atom stereocenters. The summed E-state index contributed by atoms with van der Waals surface area (Å²) in [4.78, 5) is 15.9. The van der Waals surface area contributed by atoms with Gasteiger partial charge in [-0.3, -0.25) is 10.1 Å². The van der Waals surface area contributed by atoms with Crippen molar-refractivity contribution in [3.05, 3.63) is 54.4 Å². The summed E-state index contributed by atoms with van der Waals surface area (Å²) in [5.74, 6) is 0.489. The summed E-state index contributed by atoms with van der Waals surface area (Å²) in [6.45, 7) is 0. The lowest BCUT2D eigenvalue weighted by Crippen LogP contribution is -2.29. The van der Waals surface area contributed by atoms with Gasteiger partial charge in [-0.25, -0.2) is 4.68 Å². The lowest BCUT2D eigenvalue weighted by molar-refractivity contribution is -0.117. The minimum Gasteiger partial charge on any atom is -0.295 e. The van der Waals surface area contributed by atoms with Gasteiger partial charge in [0.2, 0.25) is 11.9 Å². The number of benzene rings is 2. The molecule has 3 aromatic rings. The molecule has 1 aliphatic rings. The van der Waals surface area contributed by atoms with E-state index in [1.807, 2.05) is 18.2 Å². The molecule has 0 aliphatic carbocycles. The maximum absolute atomic E-state index is 11.9. The Labute approximate surface area is 115 Å². The van der Waals surface area contributed by atoms with Crippen molar-refractivity contribution in [2.24, 2.45) is 0 Å². The van der Waals surface area contributed by atoms with Gasteiger partial charge in [0.15, 0.2) is 0 Å². The molecule has 0 saturated carbocycles. The van der Waals surface area contributed by atoms with Gasteiger partial charge in [0.1, 0.15) is 6.33 Å². The molecule has 0 radical (unpaired) electrons. The fourth-order valence-corrected chi connectivity index (χ4v) is 2.79. The first-order valence-corrected chi connectivity index (χ1v) is 6.50. The third-order valence-electron chi connectivity index (χ3n) is 3.68. The van der Waals surface area contributed by atoms with Crippen LogP contribution in [0.3, 0.4) is 0 Å². The summed E-state index contributed by atoms with van der Waals surface area (Å²) in [6.07, 6.45) is 1.85. The molecule has 0 saturated heterocycles. The van der Waals surface area contributed by atoms with E-state index in [-0.39, 0.29) is 11.9 Å². The lowest BCUT2D eigenvalue weighted by atomic mass is 9.96. The van der Waals surface area contributed by atoms with E-state index in [9.17, 15) is 4.79 Å². The van der Waals surface area contributed by atoms with Crippen LogP contribution in [0.5, 0.6) is 0 Å². The van der Waals surface area contributed by atoms with Crippen LogP contribution in [0.1, 0.15) is 18.0 Å². The van der Waals surface area contributed by atoms with Crippen LogP contribution in [0.15, 0.2) is 48.8 Å². The highest BCUT2D eigenvalue weighted by atomic mass is 16.2. The topological polar surface area (TPSA) is 59.8 Å². The molecule has 2 aromatic carbocycles. The fraction of sp³-hybridized carbons (Fsp3) is 0.133. The zero-order valence-corrected chi connectivity index (χ0v) is 10.7. The monoisotopic (exact) mass is 264 g/mol. The van der Waals surface area contributed by atoms with Crippen molar-refractivity contribution in [1.82, 2.24) is 14.8 Å². The second-order valence-corrected chi connectivity index (χ2v) is 4.86. The molecule has 0 fully saturated rings. The molecule has 5 nitrogen and oxygen atoms in total. The Hall–Kier alpha value is -2.69. The van der Waals surface area contributed by atoms with Crippen molar-refractivity contribution < 1.29 is 4.79 Å². The van der Waals surface area contributed by atoms with Crippen molar-refractivity contribution in [3.63, 3.8) is 0 Å². The maximum Gasteiger partial charge on any atom is 0.229 e. The zero-order valence-electron chi connectivity index (χ0n) is 10.7. The predicted octanol–water partition coefficient (Wildman–Crippen LogP) is 2.36. The Morgan fingerprint density at radius 1 is 1.15 bits per heavy atom. The van der Waals surface area contributed by atoms with E-state index >= 15 is 0 Å². The highest BCUT2D eigenvalue weighted by Gasteiger charge is 2.28. The van der Waals surface area contributed by atoms with Gasteiger partial charge < -0.3 is 0 Å². The number of fused-ring (bicyclic) bond motifs is 2. The first kappa shape index (κ1) is 11.2. The summed E-state index contributed by atoms with van der Waals surface area (Å²) in [5, 5.41) is 9.30. The molecule has 1 N–H and O–H groups in total. The number of rotatable bonds is 1. The molecule has 98 valence electrons. The van der Waals surface area contributed by atoms with Gasteiger partial charge >= 0.3 is 0 Å². The molecule has 1 amide bonds. The number of hydrogen-bond acceptors (Lipinski definition) is 3. The molecule has 0 bridgehead atoms. The predicted molar refractivity (Wildman–Crippen MR) is 75.4 cm³/mol. The Balaban J connectivity index is 1.94. The van der Waals surface area contributed by atoms with Crippen molar-refractivity contribution in [1.29, 1.82) is 0 Å². The Morgan fingerprint density at radius 3 is 2.95 bits per heavy atom. The lowest BCUT2D eigenvalue weighted by Gasteiger charge is -2.24. The molecule has 2 heterocycles. The van der Waals surface area contributed by atoms with Gasteiger partial charge in [-0.1, -0.05) is 42.5 Å². The zero-order chi connectivity index (χ0) is 13.5. The Morgan fingerprint density at radius 2 is 2.00 bits per heavy atom. The van der Waals surface area contributed by atoms with Crippen LogP contribution < -0.4 is 5.32 Å². The number of anilines is 1. The second-order valence-electron chi connectivity index (χ2n) is 4.86. The number of carbonyl (C=O) groups excluding carboxylic acids is 1. The minimum absolute atomic E-state index is 0.0246. The second kappa shape index (κ2) is 4.16. The van der Waals surface area contributed by atoms with Crippen LogP contribution in [0.25, 0.3) is 10.8 Å². The molecule has 1 aromatic heterocycles. The summed E-state index contributed by atoms with van der Waals surface area (Å²) >= 11 is 0. The van der Waals surface area contributed by atoms with Crippen molar-refractivity contribution >= 4 is 22.6 Å². The summed E-state index contributed by atoms with van der Waals surface area (Å²) in [5.41, 5.74) is 1.10. The van der Waals surface area contributed by atoms with E-state index in [0.717, 1.165) is 16.3 Å². The van der Waals surface area contributed by atoms with Gasteiger partial charge in [-0.2, -0.15) is 10.1 Å². The normalized spacial score (nSPS) is 17.8. The number of hydrogen-bond donors (Lipinski definition) is 1. The average Bonchev–Trinajstić information content (AvgIpc) is 2.94. The smallest absolute Gasteiger partial charge is 0.229 e. The van der Waals surface area contributed by atoms with Crippen LogP contribution in [0.2, 0.25) is 0 Å². The van der Waals surface area contributed by atoms with Gasteiger partial charge in [-0.05, 0) is 16.3 Å². The SMILES string of the molecule is O=C1C[C@@H](c2cccc3ccccc23)n2ncnc2N1. The number of carbonyl (C=O) groups is 1. The highest BCUT2D eigenvalue weighted by molar-refractivity contribution is 5.92. The van der Waals surface area contributed by atoms with Crippen molar-refractivity contribution in [3.8, 4) is 0 Å². The van der Waals surface area contributed by atoms with Crippen LogP contribution in [0.4, 0.5) is 5.95 Å². The van der Waals surface area contributed by atoms with E-state index in [2.05, 4.69) is 39.7 Å². The molecule has 20 heavy (non-hydrogen) atoms. The number of nitrogens with zero attached hydrogens (tertiary/aromatic N) is 3. The minimum atomic E-state index is -0.104. The van der Waals surface area contributed by atoms with E-state index in [1.165, 1.54) is 6.33 Å². The van der Waals surface area contributed by atoms with Crippen LogP contribution in [0, 0.1) is 0 Å². The number of nitrogens with one attached hydrogen (secondary N) is 1. The van der Waals surface area contributed by atoms with Gasteiger partial charge in [0.25, 0.3) is 0 Å². The number of amides is 1. The van der Waals surface area contributed by atoms with Crippen LogP contribution in [-0.2, 0) is 4.79 Å². The third kappa shape index (κ3) is 1.60. The fourth-order valence-electron chi connectivity index (χ4n) is 2.79. The molecule has 1 aliphatic heterocycles. The first-order chi connectivity index (χ1) is 9.83. The largest absolute Gasteiger partial charge is 0.295 e. The average molecular weight is 264 g/mol. The summed E-state index contributed by atoms with van der Waals surface area (Å²) in [6, 6.07) is 14.2.